The second-order valence-electron chi connectivity index (χ2n) is 5.68. The van der Waals surface area contributed by atoms with Gasteiger partial charge < -0.3 is 20.1 Å². The van der Waals surface area contributed by atoms with Crippen LogP contribution in [0.2, 0.25) is 0 Å². The van der Waals surface area contributed by atoms with Crippen LogP contribution < -0.4 is 10.5 Å². The lowest BCUT2D eigenvalue weighted by Crippen LogP contribution is -2.13. The number of imidazole rings is 1. The number of aromatic nitrogens is 4. The van der Waals surface area contributed by atoms with Crippen LogP contribution in [0, 0.1) is 5.92 Å². The highest BCUT2D eigenvalue weighted by Gasteiger charge is 2.23. The van der Waals surface area contributed by atoms with Crippen molar-refractivity contribution < 1.29 is 9.84 Å². The standard InChI is InChI=1S/C15H21N5O2/c1-3-9(2)22-14-12-13(18-15(16)19-14)20(8-17-12)11-5-4-10(6-11)7-21/h4-5,8-11,21H,3,6-7H2,1-2H3,(H2,16,18,19)/t9-,10-,11+/m1/s1. The van der Waals surface area contributed by atoms with Gasteiger partial charge in [-0.05, 0) is 19.8 Å². The van der Waals surface area contributed by atoms with Crippen LogP contribution >= 0.6 is 0 Å². The minimum atomic E-state index is 0.0350. The number of hydrogen-bond donors (Lipinski definition) is 2. The summed E-state index contributed by atoms with van der Waals surface area (Å²) in [6, 6.07) is 0.118. The number of anilines is 1. The molecular formula is C15H21N5O2. The van der Waals surface area contributed by atoms with Crippen molar-refractivity contribution in [3.05, 3.63) is 18.5 Å². The third kappa shape index (κ3) is 2.64. The molecule has 0 radical (unpaired) electrons. The van der Waals surface area contributed by atoms with Gasteiger partial charge in [-0.1, -0.05) is 19.1 Å². The van der Waals surface area contributed by atoms with Crippen molar-refractivity contribution in [2.24, 2.45) is 5.92 Å². The Bertz CT molecular complexity index is 697. The van der Waals surface area contributed by atoms with Crippen LogP contribution in [0.1, 0.15) is 32.7 Å². The summed E-state index contributed by atoms with van der Waals surface area (Å²) in [4.78, 5) is 12.9. The summed E-state index contributed by atoms with van der Waals surface area (Å²) in [5, 5.41) is 9.27. The molecule has 3 rings (SSSR count). The number of nitrogens with zero attached hydrogens (tertiary/aromatic N) is 4. The molecule has 0 bridgehead atoms. The number of allylic oxidation sites excluding steroid dienone is 1. The maximum atomic E-state index is 9.27. The summed E-state index contributed by atoms with van der Waals surface area (Å²) >= 11 is 0. The zero-order valence-electron chi connectivity index (χ0n) is 12.8. The Labute approximate surface area is 128 Å². The molecule has 1 aliphatic rings. The van der Waals surface area contributed by atoms with Crippen molar-refractivity contribution in [3.63, 3.8) is 0 Å². The largest absolute Gasteiger partial charge is 0.473 e. The van der Waals surface area contributed by atoms with Crippen LogP contribution in [-0.2, 0) is 0 Å². The molecule has 2 aromatic heterocycles. The molecule has 2 heterocycles. The molecule has 7 heteroatoms. The van der Waals surface area contributed by atoms with Crippen molar-refractivity contribution in [2.75, 3.05) is 12.3 Å². The highest BCUT2D eigenvalue weighted by atomic mass is 16.5. The maximum Gasteiger partial charge on any atom is 0.247 e. The van der Waals surface area contributed by atoms with Crippen molar-refractivity contribution in [3.8, 4) is 5.88 Å². The molecule has 0 spiro atoms. The first-order valence-electron chi connectivity index (χ1n) is 7.58. The van der Waals surface area contributed by atoms with Gasteiger partial charge in [0.05, 0.1) is 18.5 Å². The van der Waals surface area contributed by atoms with Gasteiger partial charge in [0.2, 0.25) is 11.8 Å². The van der Waals surface area contributed by atoms with Gasteiger partial charge >= 0.3 is 0 Å². The highest BCUT2D eigenvalue weighted by Crippen LogP contribution is 2.32. The van der Waals surface area contributed by atoms with E-state index in [9.17, 15) is 5.11 Å². The van der Waals surface area contributed by atoms with Crippen molar-refractivity contribution in [1.82, 2.24) is 19.5 Å². The van der Waals surface area contributed by atoms with E-state index in [-0.39, 0.29) is 30.6 Å². The third-order valence-electron chi connectivity index (χ3n) is 4.04. The molecule has 0 saturated carbocycles. The molecule has 22 heavy (non-hydrogen) atoms. The van der Waals surface area contributed by atoms with Gasteiger partial charge in [-0.3, -0.25) is 0 Å². The first-order chi connectivity index (χ1) is 10.6. The third-order valence-corrected chi connectivity index (χ3v) is 4.04. The molecule has 7 nitrogen and oxygen atoms in total. The van der Waals surface area contributed by atoms with Crippen LogP contribution in [0.15, 0.2) is 18.5 Å². The second kappa shape index (κ2) is 5.92. The van der Waals surface area contributed by atoms with Crippen LogP contribution in [0.3, 0.4) is 0 Å². The number of fused-ring (bicyclic) bond motifs is 1. The Morgan fingerprint density at radius 2 is 2.27 bits per heavy atom. The number of ether oxygens (including phenoxy) is 1. The number of nitrogens with two attached hydrogens (primary N) is 1. The summed E-state index contributed by atoms with van der Waals surface area (Å²) in [6.07, 6.45) is 7.56. The summed E-state index contributed by atoms with van der Waals surface area (Å²) in [7, 11) is 0. The lowest BCUT2D eigenvalue weighted by Gasteiger charge is -2.14. The molecule has 0 amide bonds. The smallest absolute Gasteiger partial charge is 0.247 e. The lowest BCUT2D eigenvalue weighted by atomic mass is 10.1. The van der Waals surface area contributed by atoms with E-state index in [1.54, 1.807) is 6.33 Å². The van der Waals surface area contributed by atoms with Crippen molar-refractivity contribution >= 4 is 17.1 Å². The number of nitrogen functional groups attached to an aromatic ring is 1. The highest BCUT2D eigenvalue weighted by molar-refractivity contribution is 5.77. The van der Waals surface area contributed by atoms with Crippen molar-refractivity contribution in [2.45, 2.75) is 38.8 Å². The average molecular weight is 303 g/mol. The monoisotopic (exact) mass is 303 g/mol. The fourth-order valence-electron chi connectivity index (χ4n) is 2.60. The SMILES string of the molecule is CC[C@@H](C)Oc1nc(N)nc2c1ncn2[C@H]1C=C[C@@H](CO)C1. The minimum absolute atomic E-state index is 0.0350. The van der Waals surface area contributed by atoms with Crippen molar-refractivity contribution in [1.29, 1.82) is 0 Å². The Hall–Kier alpha value is -2.15. The summed E-state index contributed by atoms with van der Waals surface area (Å²) in [5.74, 6) is 0.780. The first kappa shape index (κ1) is 14.8. The summed E-state index contributed by atoms with van der Waals surface area (Å²) in [6.45, 7) is 4.18. The van der Waals surface area contributed by atoms with Gasteiger partial charge in [-0.15, -0.1) is 0 Å². The molecule has 0 aromatic carbocycles. The van der Waals surface area contributed by atoms with Gasteiger partial charge in [-0.25, -0.2) is 4.98 Å². The van der Waals surface area contributed by atoms with E-state index in [1.807, 2.05) is 24.5 Å². The van der Waals surface area contributed by atoms with Gasteiger partial charge in [0.25, 0.3) is 0 Å². The Morgan fingerprint density at radius 1 is 1.45 bits per heavy atom. The summed E-state index contributed by atoms with van der Waals surface area (Å²) in [5.41, 5.74) is 7.11. The normalized spacial score (nSPS) is 22.3. The molecule has 0 fully saturated rings. The van der Waals surface area contributed by atoms with E-state index in [4.69, 9.17) is 10.5 Å². The lowest BCUT2D eigenvalue weighted by molar-refractivity contribution is 0.211. The maximum absolute atomic E-state index is 9.27. The molecule has 118 valence electrons. The topological polar surface area (TPSA) is 99.1 Å². The molecule has 0 saturated heterocycles. The van der Waals surface area contributed by atoms with E-state index in [1.165, 1.54) is 0 Å². The fraction of sp³-hybridized carbons (Fsp3) is 0.533. The van der Waals surface area contributed by atoms with Gasteiger partial charge in [0.15, 0.2) is 11.2 Å². The molecule has 0 unspecified atom stereocenters. The van der Waals surface area contributed by atoms with E-state index in [0.29, 0.717) is 17.0 Å². The van der Waals surface area contributed by atoms with E-state index >= 15 is 0 Å². The molecular weight excluding hydrogens is 282 g/mol. The quantitative estimate of drug-likeness (QED) is 0.816. The number of hydrogen-bond acceptors (Lipinski definition) is 6. The zero-order chi connectivity index (χ0) is 15.7. The Balaban J connectivity index is 1.99. The number of aliphatic hydroxyl groups excluding tert-OH is 1. The van der Waals surface area contributed by atoms with E-state index in [2.05, 4.69) is 21.0 Å². The molecule has 3 N–H and O–H groups in total. The van der Waals surface area contributed by atoms with Crippen LogP contribution in [0.4, 0.5) is 5.95 Å². The Kier molecular flexibility index (Phi) is 3.98. The minimum Gasteiger partial charge on any atom is -0.473 e. The van der Waals surface area contributed by atoms with Crippen LogP contribution in [0.25, 0.3) is 11.2 Å². The number of rotatable bonds is 5. The second-order valence-corrected chi connectivity index (χ2v) is 5.68. The van der Waals surface area contributed by atoms with Crippen LogP contribution in [0.5, 0.6) is 5.88 Å². The predicted molar refractivity (Wildman–Crippen MR) is 83.5 cm³/mol. The predicted octanol–water partition coefficient (Wildman–Crippen LogP) is 1.70. The average Bonchev–Trinajstić information content (AvgIpc) is 3.12. The van der Waals surface area contributed by atoms with Crippen LogP contribution in [-0.4, -0.2) is 37.3 Å². The number of aliphatic hydroxyl groups is 1. The summed E-state index contributed by atoms with van der Waals surface area (Å²) < 4.78 is 7.77. The molecule has 3 atom stereocenters. The van der Waals surface area contributed by atoms with Gasteiger partial charge in [0, 0.05) is 12.5 Å². The fourth-order valence-corrected chi connectivity index (χ4v) is 2.60. The van der Waals surface area contributed by atoms with Gasteiger partial charge in [-0.2, -0.15) is 9.97 Å². The van der Waals surface area contributed by atoms with E-state index < -0.39 is 0 Å². The van der Waals surface area contributed by atoms with E-state index in [0.717, 1.165) is 12.8 Å². The Morgan fingerprint density at radius 3 is 2.95 bits per heavy atom. The molecule has 0 aliphatic heterocycles. The molecule has 2 aromatic rings. The van der Waals surface area contributed by atoms with Gasteiger partial charge in [0.1, 0.15) is 0 Å². The first-order valence-corrected chi connectivity index (χ1v) is 7.58. The zero-order valence-corrected chi connectivity index (χ0v) is 12.8. The molecule has 1 aliphatic carbocycles.